The van der Waals surface area contributed by atoms with Gasteiger partial charge in [0, 0.05) is 11.1 Å². The first kappa shape index (κ1) is 20.8. The van der Waals surface area contributed by atoms with Crippen molar-refractivity contribution in [2.45, 2.75) is 19.4 Å². The highest BCUT2D eigenvalue weighted by Crippen LogP contribution is 2.31. The zero-order valence-electron chi connectivity index (χ0n) is 14.4. The molecule has 3 rings (SSSR count). The van der Waals surface area contributed by atoms with Crippen LogP contribution in [0.15, 0.2) is 42.5 Å². The molecule has 1 aromatic heterocycles. The number of halogens is 3. The summed E-state index contributed by atoms with van der Waals surface area (Å²) in [5, 5.41) is 15.9. The predicted molar refractivity (Wildman–Crippen MR) is 102 cm³/mol. The highest BCUT2D eigenvalue weighted by molar-refractivity contribution is 5.97. The molecule has 0 bridgehead atoms. The molecular weight excluding hydrogens is 378 g/mol. The van der Waals surface area contributed by atoms with Gasteiger partial charge < -0.3 is 16.2 Å². The van der Waals surface area contributed by atoms with Gasteiger partial charge in [-0.2, -0.15) is 5.10 Å². The van der Waals surface area contributed by atoms with E-state index in [9.17, 15) is 13.6 Å². The minimum Gasteiger partial charge on any atom is -0.394 e. The van der Waals surface area contributed by atoms with Gasteiger partial charge in [-0.3, -0.25) is 4.79 Å². The van der Waals surface area contributed by atoms with Crippen molar-refractivity contribution in [1.82, 2.24) is 9.78 Å². The Kier molecular flexibility index (Phi) is 6.48. The molecule has 0 fully saturated rings. The summed E-state index contributed by atoms with van der Waals surface area (Å²) in [6.45, 7) is 1.40. The average Bonchev–Trinajstić information content (AvgIpc) is 3.00. The van der Waals surface area contributed by atoms with E-state index in [1.54, 1.807) is 12.1 Å². The Morgan fingerprint density at radius 1 is 1.30 bits per heavy atom. The molecule has 9 heteroatoms. The molecule has 1 amide bonds. The van der Waals surface area contributed by atoms with Crippen LogP contribution in [0.25, 0.3) is 16.6 Å². The van der Waals surface area contributed by atoms with Gasteiger partial charge in [0.2, 0.25) is 5.91 Å². The molecule has 4 N–H and O–H groups in total. The monoisotopic (exact) mass is 396 g/mol. The number of nitrogens with one attached hydrogen (secondary N) is 1. The minimum absolute atomic E-state index is 0. The SMILES string of the molecule is Cc1cccc(-n2nc(C(F)F)c3ccc(NC(=O)[C@@H](N)CO)cc32)c1.Cl. The second-order valence-electron chi connectivity index (χ2n) is 5.95. The molecule has 3 aromatic rings. The average molecular weight is 397 g/mol. The number of hydrogen-bond donors (Lipinski definition) is 3. The van der Waals surface area contributed by atoms with Crippen molar-refractivity contribution >= 4 is 34.9 Å². The molecule has 0 spiro atoms. The van der Waals surface area contributed by atoms with Crippen molar-refractivity contribution in [2.24, 2.45) is 5.73 Å². The summed E-state index contributed by atoms with van der Waals surface area (Å²) in [5.74, 6) is -0.567. The van der Waals surface area contributed by atoms with Gasteiger partial charge in [0.1, 0.15) is 11.7 Å². The number of rotatable bonds is 5. The summed E-state index contributed by atoms with van der Waals surface area (Å²) in [6, 6.07) is 10.8. The molecule has 0 aliphatic carbocycles. The number of fused-ring (bicyclic) bond motifs is 1. The van der Waals surface area contributed by atoms with Crippen LogP contribution in [0.4, 0.5) is 14.5 Å². The quantitative estimate of drug-likeness (QED) is 0.618. The summed E-state index contributed by atoms with van der Waals surface area (Å²) in [4.78, 5) is 11.9. The number of aliphatic hydroxyl groups is 1. The second-order valence-corrected chi connectivity index (χ2v) is 5.95. The normalized spacial score (nSPS) is 12.1. The van der Waals surface area contributed by atoms with Crippen molar-refractivity contribution in [2.75, 3.05) is 11.9 Å². The number of aromatic nitrogens is 2. The maximum atomic E-state index is 13.4. The van der Waals surface area contributed by atoms with Crippen LogP contribution >= 0.6 is 12.4 Å². The Hall–Kier alpha value is -2.55. The number of benzene rings is 2. The first-order valence-corrected chi connectivity index (χ1v) is 7.96. The topological polar surface area (TPSA) is 93.2 Å². The van der Waals surface area contributed by atoms with E-state index in [0.29, 0.717) is 22.3 Å². The molecule has 27 heavy (non-hydrogen) atoms. The maximum absolute atomic E-state index is 13.4. The molecule has 0 saturated heterocycles. The van der Waals surface area contributed by atoms with E-state index in [1.807, 2.05) is 25.1 Å². The highest BCUT2D eigenvalue weighted by Gasteiger charge is 2.20. The Bertz CT molecular complexity index is 962. The number of anilines is 1. The molecule has 1 heterocycles. The second kappa shape index (κ2) is 8.43. The molecule has 0 aliphatic heterocycles. The van der Waals surface area contributed by atoms with Crippen molar-refractivity contribution in [3.8, 4) is 5.69 Å². The molecule has 0 aliphatic rings. The van der Waals surface area contributed by atoms with Crippen LogP contribution in [0.5, 0.6) is 0 Å². The van der Waals surface area contributed by atoms with Crippen molar-refractivity contribution in [1.29, 1.82) is 0 Å². The Labute approximate surface area is 160 Å². The lowest BCUT2D eigenvalue weighted by Gasteiger charge is -2.10. The van der Waals surface area contributed by atoms with Gasteiger partial charge in [-0.25, -0.2) is 13.5 Å². The summed E-state index contributed by atoms with van der Waals surface area (Å²) in [6.07, 6.45) is -2.73. The molecule has 0 radical (unpaired) electrons. The molecular formula is C18H19ClF2N4O2. The summed E-state index contributed by atoms with van der Waals surface area (Å²) < 4.78 is 28.2. The Balaban J connectivity index is 0.00000261. The fourth-order valence-corrected chi connectivity index (χ4v) is 2.65. The van der Waals surface area contributed by atoms with Crippen LogP contribution in [-0.4, -0.2) is 33.4 Å². The smallest absolute Gasteiger partial charge is 0.282 e. The van der Waals surface area contributed by atoms with Gasteiger partial charge in [-0.15, -0.1) is 12.4 Å². The molecule has 2 aromatic carbocycles. The summed E-state index contributed by atoms with van der Waals surface area (Å²) >= 11 is 0. The third-order valence-corrected chi connectivity index (χ3v) is 3.96. The number of aliphatic hydroxyl groups excluding tert-OH is 1. The fourth-order valence-electron chi connectivity index (χ4n) is 2.65. The number of aryl methyl sites for hydroxylation is 1. The number of carbonyl (C=O) groups is 1. The van der Waals surface area contributed by atoms with Crippen LogP contribution in [0.1, 0.15) is 17.7 Å². The molecule has 6 nitrogen and oxygen atoms in total. The van der Waals surface area contributed by atoms with Crippen LogP contribution in [0, 0.1) is 6.92 Å². The number of carbonyl (C=O) groups excluding carboxylic acids is 1. The maximum Gasteiger partial charge on any atom is 0.282 e. The first-order chi connectivity index (χ1) is 12.4. The van der Waals surface area contributed by atoms with Crippen LogP contribution in [0.3, 0.4) is 0 Å². The Morgan fingerprint density at radius 3 is 2.67 bits per heavy atom. The van der Waals surface area contributed by atoms with E-state index < -0.39 is 25.0 Å². The minimum atomic E-state index is -2.73. The summed E-state index contributed by atoms with van der Waals surface area (Å²) in [7, 11) is 0. The van der Waals surface area contributed by atoms with Crippen LogP contribution in [0.2, 0.25) is 0 Å². The van der Waals surface area contributed by atoms with Crippen molar-refractivity contribution < 1.29 is 18.7 Å². The van der Waals surface area contributed by atoms with Crippen molar-refractivity contribution in [3.63, 3.8) is 0 Å². The van der Waals surface area contributed by atoms with Crippen LogP contribution in [-0.2, 0) is 4.79 Å². The van der Waals surface area contributed by atoms with Crippen molar-refractivity contribution in [3.05, 3.63) is 53.7 Å². The number of amides is 1. The van der Waals surface area contributed by atoms with Gasteiger partial charge in [0.05, 0.1) is 17.8 Å². The third-order valence-electron chi connectivity index (χ3n) is 3.96. The molecule has 1 atom stereocenters. The van der Waals surface area contributed by atoms with Gasteiger partial charge in [0.15, 0.2) is 0 Å². The zero-order chi connectivity index (χ0) is 18.8. The van der Waals surface area contributed by atoms with E-state index in [1.165, 1.54) is 16.8 Å². The number of nitrogens with zero attached hydrogens (tertiary/aromatic N) is 2. The largest absolute Gasteiger partial charge is 0.394 e. The lowest BCUT2D eigenvalue weighted by atomic mass is 10.1. The van der Waals surface area contributed by atoms with Crippen LogP contribution < -0.4 is 11.1 Å². The lowest BCUT2D eigenvalue weighted by Crippen LogP contribution is -2.38. The standard InChI is InChI=1S/C18H18F2N4O2.ClH/c1-10-3-2-4-12(7-10)24-15-8-11(22-18(26)14(21)9-25)5-6-13(15)16(23-24)17(19)20;/h2-8,14,17,25H,9,21H2,1H3,(H,22,26);1H/t14-;/m0./s1. The predicted octanol–water partition coefficient (Wildman–Crippen LogP) is 2.95. The number of nitrogens with two attached hydrogens (primary N) is 1. The first-order valence-electron chi connectivity index (χ1n) is 7.96. The van der Waals surface area contributed by atoms with Gasteiger partial charge in [-0.1, -0.05) is 12.1 Å². The van der Waals surface area contributed by atoms with Gasteiger partial charge in [0.25, 0.3) is 6.43 Å². The lowest BCUT2D eigenvalue weighted by molar-refractivity contribution is -0.118. The van der Waals surface area contributed by atoms with E-state index in [2.05, 4.69) is 10.4 Å². The van der Waals surface area contributed by atoms with E-state index in [0.717, 1.165) is 5.56 Å². The van der Waals surface area contributed by atoms with Gasteiger partial charge in [-0.05, 0) is 42.8 Å². The Morgan fingerprint density at radius 2 is 2.04 bits per heavy atom. The molecule has 144 valence electrons. The van der Waals surface area contributed by atoms with Gasteiger partial charge >= 0.3 is 0 Å². The van der Waals surface area contributed by atoms with E-state index >= 15 is 0 Å². The van der Waals surface area contributed by atoms with E-state index in [4.69, 9.17) is 10.8 Å². The van der Waals surface area contributed by atoms with E-state index in [-0.39, 0.29) is 18.1 Å². The third kappa shape index (κ3) is 4.24. The zero-order valence-corrected chi connectivity index (χ0v) is 15.2. The highest BCUT2D eigenvalue weighted by atomic mass is 35.5. The number of hydrogen-bond acceptors (Lipinski definition) is 4. The number of alkyl halides is 2. The molecule has 0 saturated carbocycles. The molecule has 0 unspecified atom stereocenters. The summed E-state index contributed by atoms with van der Waals surface area (Å²) in [5.41, 5.74) is 7.56. The fraction of sp³-hybridized carbons (Fsp3) is 0.222.